The van der Waals surface area contributed by atoms with Crippen LogP contribution >= 0.6 is 0 Å². The molecule has 0 aromatic rings. The van der Waals surface area contributed by atoms with Gasteiger partial charge in [-0.05, 0) is 0 Å². The molecule has 0 unspecified atom stereocenters. The largest absolute Gasteiger partial charge is 0.397 e. The molecular formula is C4H3N4O2-. The molecule has 0 fully saturated rings. The van der Waals surface area contributed by atoms with E-state index in [1.165, 1.54) is 0 Å². The number of rotatable bonds is 2. The van der Waals surface area contributed by atoms with Crippen LogP contribution in [0, 0.1) is 5.53 Å². The molecule has 1 N–H and O–H groups in total. The van der Waals surface area contributed by atoms with E-state index in [1.807, 2.05) is 0 Å². The molecule has 1 rings (SSSR count). The zero-order chi connectivity index (χ0) is 7.56. The molecule has 0 atom stereocenters. The second-order valence-corrected chi connectivity index (χ2v) is 1.51. The third kappa shape index (κ3) is 0.859. The van der Waals surface area contributed by atoms with Crippen molar-refractivity contribution in [3.8, 4) is 0 Å². The van der Waals surface area contributed by atoms with Crippen molar-refractivity contribution in [3.63, 3.8) is 0 Å². The summed E-state index contributed by atoms with van der Waals surface area (Å²) in [6.45, 7) is 0. The zero-order valence-corrected chi connectivity index (χ0v) is 4.81. The number of carbonyl (C=O) groups excluding carboxylic acids is 2. The fraction of sp³-hybridized carbons (Fsp3) is 0. The maximum Gasteiger partial charge on any atom is 0.257 e. The second kappa shape index (κ2) is 2.26. The summed E-state index contributed by atoms with van der Waals surface area (Å²) in [5.41, 5.74) is 9.18. The van der Waals surface area contributed by atoms with Crippen LogP contribution in [0.1, 0.15) is 0 Å². The van der Waals surface area contributed by atoms with E-state index in [9.17, 15) is 9.59 Å². The average molecular weight is 139 g/mol. The van der Waals surface area contributed by atoms with Gasteiger partial charge in [0.2, 0.25) is 0 Å². The lowest BCUT2D eigenvalue weighted by atomic mass is 10.6. The highest BCUT2D eigenvalue weighted by molar-refractivity contribution is 6.13. The van der Waals surface area contributed by atoms with Crippen molar-refractivity contribution in [1.29, 1.82) is 5.53 Å². The van der Waals surface area contributed by atoms with Gasteiger partial charge in [0.15, 0.2) is 0 Å². The molecule has 0 aliphatic carbocycles. The minimum Gasteiger partial charge on any atom is -0.397 e. The Balaban J connectivity index is 2.69. The number of carbonyl (C=O) groups is 2. The van der Waals surface area contributed by atoms with Crippen molar-refractivity contribution in [1.82, 2.24) is 5.01 Å². The molecule has 6 heteroatoms. The quantitative estimate of drug-likeness (QED) is 0.335. The SMILES string of the molecule is N=N[N-]N1C(=O)C=CC1=O. The number of amides is 2. The Kier molecular flexibility index (Phi) is 1.44. The Morgan fingerprint density at radius 2 is 1.90 bits per heavy atom. The highest BCUT2D eigenvalue weighted by Crippen LogP contribution is 2.08. The van der Waals surface area contributed by atoms with Crippen molar-refractivity contribution in [2.45, 2.75) is 0 Å². The van der Waals surface area contributed by atoms with Crippen molar-refractivity contribution in [3.05, 3.63) is 17.7 Å². The van der Waals surface area contributed by atoms with Gasteiger partial charge in [-0.1, -0.05) is 0 Å². The summed E-state index contributed by atoms with van der Waals surface area (Å²) >= 11 is 0. The van der Waals surface area contributed by atoms with Crippen LogP contribution in [0.2, 0.25) is 0 Å². The molecule has 0 spiro atoms. The topological polar surface area (TPSA) is 87.7 Å². The molecule has 10 heavy (non-hydrogen) atoms. The third-order valence-electron chi connectivity index (χ3n) is 0.920. The van der Waals surface area contributed by atoms with Gasteiger partial charge in [-0.3, -0.25) is 20.3 Å². The van der Waals surface area contributed by atoms with Crippen LogP contribution in [0.5, 0.6) is 0 Å². The second-order valence-electron chi connectivity index (χ2n) is 1.51. The number of nitrogens with zero attached hydrogens (tertiary/aromatic N) is 3. The molecule has 0 radical (unpaired) electrons. The maximum atomic E-state index is 10.6. The fourth-order valence-electron chi connectivity index (χ4n) is 0.525. The predicted molar refractivity (Wildman–Crippen MR) is 29.5 cm³/mol. The molecule has 1 aliphatic heterocycles. The predicted octanol–water partition coefficient (Wildman–Crippen LogP) is 0.146. The Bertz CT molecular complexity index is 203. The highest BCUT2D eigenvalue weighted by Gasteiger charge is 2.19. The molecule has 0 bridgehead atoms. The first kappa shape index (κ1) is 6.40. The molecule has 0 saturated heterocycles. The first-order valence-corrected chi connectivity index (χ1v) is 2.39. The van der Waals surface area contributed by atoms with Crippen LogP contribution in [0.15, 0.2) is 17.4 Å². The average Bonchev–Trinajstić information content (AvgIpc) is 2.20. The number of imide groups is 1. The molecule has 0 saturated carbocycles. The lowest BCUT2D eigenvalue weighted by Gasteiger charge is -2.15. The van der Waals surface area contributed by atoms with Gasteiger partial charge in [0.1, 0.15) is 0 Å². The molecule has 1 heterocycles. The Morgan fingerprint density at radius 1 is 1.40 bits per heavy atom. The molecule has 0 aromatic carbocycles. The van der Waals surface area contributed by atoms with Crippen LogP contribution in [0.25, 0.3) is 5.53 Å². The number of hydrogen-bond acceptors (Lipinski definition) is 4. The van der Waals surface area contributed by atoms with Gasteiger partial charge in [0, 0.05) is 12.2 Å². The maximum absolute atomic E-state index is 10.6. The van der Waals surface area contributed by atoms with E-state index >= 15 is 0 Å². The van der Waals surface area contributed by atoms with Gasteiger partial charge in [0.25, 0.3) is 11.8 Å². The van der Waals surface area contributed by atoms with Crippen LogP contribution in [0.3, 0.4) is 0 Å². The number of hydrogen-bond donors (Lipinski definition) is 1. The first-order valence-electron chi connectivity index (χ1n) is 2.39. The zero-order valence-electron chi connectivity index (χ0n) is 4.81. The summed E-state index contributed by atoms with van der Waals surface area (Å²) < 4.78 is 0. The van der Waals surface area contributed by atoms with Crippen molar-refractivity contribution >= 4 is 11.8 Å². The Hall–Kier alpha value is -1.72. The summed E-state index contributed by atoms with van der Waals surface area (Å²) in [4.78, 5) is 21.1. The van der Waals surface area contributed by atoms with E-state index < -0.39 is 11.8 Å². The van der Waals surface area contributed by atoms with E-state index in [2.05, 4.69) is 10.8 Å². The lowest BCUT2D eigenvalue weighted by Crippen LogP contribution is -2.23. The normalized spacial score (nSPS) is 16.2. The summed E-state index contributed by atoms with van der Waals surface area (Å²) in [6, 6.07) is 0. The van der Waals surface area contributed by atoms with Gasteiger partial charge in [-0.2, -0.15) is 0 Å². The van der Waals surface area contributed by atoms with Crippen LogP contribution in [0.4, 0.5) is 0 Å². The molecule has 0 aromatic heterocycles. The molecular weight excluding hydrogens is 136 g/mol. The first-order chi connectivity index (χ1) is 4.75. The molecule has 2 amide bonds. The number of nitrogens with one attached hydrogen (secondary N) is 1. The molecule has 52 valence electrons. The molecule has 6 nitrogen and oxygen atoms in total. The van der Waals surface area contributed by atoms with Gasteiger partial charge in [-0.15, -0.1) is 0 Å². The van der Waals surface area contributed by atoms with Crippen LogP contribution < -0.4 is 0 Å². The Labute approximate surface area is 55.9 Å². The van der Waals surface area contributed by atoms with Gasteiger partial charge < -0.3 is 5.53 Å². The van der Waals surface area contributed by atoms with Gasteiger partial charge in [0.05, 0.1) is 0 Å². The highest BCUT2D eigenvalue weighted by atomic mass is 16.2. The van der Waals surface area contributed by atoms with E-state index in [4.69, 9.17) is 5.53 Å². The van der Waals surface area contributed by atoms with Crippen LogP contribution in [-0.4, -0.2) is 16.8 Å². The standard InChI is InChI=1S/C4H3N4O2/c5-6-7-8-3(9)1-2-4(8)10/h1-2H,(H-,5,7)/q-1. The monoisotopic (exact) mass is 139 g/mol. The smallest absolute Gasteiger partial charge is 0.257 e. The summed E-state index contributed by atoms with van der Waals surface area (Å²) in [6.07, 6.45) is 2.13. The minimum atomic E-state index is -0.569. The third-order valence-corrected chi connectivity index (χ3v) is 0.920. The van der Waals surface area contributed by atoms with Crippen molar-refractivity contribution in [2.24, 2.45) is 5.22 Å². The summed E-state index contributed by atoms with van der Waals surface area (Å²) in [5.74, 6) is -1.14. The van der Waals surface area contributed by atoms with Gasteiger partial charge in [-0.25, -0.2) is 5.01 Å². The lowest BCUT2D eigenvalue weighted by molar-refractivity contribution is -0.134. The van der Waals surface area contributed by atoms with Crippen molar-refractivity contribution < 1.29 is 9.59 Å². The van der Waals surface area contributed by atoms with E-state index in [1.54, 1.807) is 0 Å². The molecule has 1 aliphatic rings. The van der Waals surface area contributed by atoms with E-state index in [0.717, 1.165) is 12.2 Å². The van der Waals surface area contributed by atoms with Crippen LogP contribution in [-0.2, 0) is 9.59 Å². The summed E-state index contributed by atoms with van der Waals surface area (Å²) in [7, 11) is 0. The Morgan fingerprint density at radius 3 is 2.30 bits per heavy atom. The summed E-state index contributed by atoms with van der Waals surface area (Å²) in [5, 5.41) is 3.04. The van der Waals surface area contributed by atoms with E-state index in [-0.39, 0.29) is 0 Å². The minimum absolute atomic E-state index is 0.507. The van der Waals surface area contributed by atoms with Gasteiger partial charge >= 0.3 is 0 Å². The van der Waals surface area contributed by atoms with E-state index in [0.29, 0.717) is 5.01 Å². The van der Waals surface area contributed by atoms with Crippen molar-refractivity contribution in [2.75, 3.05) is 0 Å². The fourth-order valence-corrected chi connectivity index (χ4v) is 0.525.